The smallest absolute Gasteiger partial charge is 1.00 e. The molecule has 0 aliphatic carbocycles. The van der Waals surface area contributed by atoms with Crippen molar-refractivity contribution in [1.82, 2.24) is 0 Å². The van der Waals surface area contributed by atoms with Crippen molar-refractivity contribution in [3.8, 4) is 0 Å². The molecule has 0 radical (unpaired) electrons. The van der Waals surface area contributed by atoms with Crippen LogP contribution in [-0.2, 0) is 21.8 Å². The van der Waals surface area contributed by atoms with Gasteiger partial charge in [-0.3, -0.25) is 0 Å². The van der Waals surface area contributed by atoms with Crippen LogP contribution in [0, 0.1) is 0 Å². The maximum absolute atomic E-state index is 8.09. The average Bonchev–Trinajstić information content (AvgIpc) is 1.69. The SMILES string of the molecule is OCCOCCO.[Cl-].[Cl-].[Fe+2]. The Bertz CT molecular complexity index is 37.7. The Morgan fingerprint density at radius 3 is 1.40 bits per heavy atom. The van der Waals surface area contributed by atoms with Crippen LogP contribution in [0.25, 0.3) is 0 Å². The summed E-state index contributed by atoms with van der Waals surface area (Å²) in [4.78, 5) is 0. The summed E-state index contributed by atoms with van der Waals surface area (Å²) in [7, 11) is 0. The van der Waals surface area contributed by atoms with Gasteiger partial charge in [0, 0.05) is 0 Å². The van der Waals surface area contributed by atoms with Gasteiger partial charge in [0.2, 0.25) is 0 Å². The van der Waals surface area contributed by atoms with E-state index in [0.717, 1.165) is 0 Å². The molecule has 0 aromatic heterocycles. The zero-order chi connectivity index (χ0) is 5.54. The maximum Gasteiger partial charge on any atom is 2.00 e. The molecule has 10 heavy (non-hydrogen) atoms. The van der Waals surface area contributed by atoms with Gasteiger partial charge in [0.1, 0.15) is 0 Å². The number of hydrogen-bond acceptors (Lipinski definition) is 3. The summed E-state index contributed by atoms with van der Waals surface area (Å²) < 4.78 is 4.63. The van der Waals surface area contributed by atoms with Gasteiger partial charge in [-0.05, 0) is 0 Å². The summed E-state index contributed by atoms with van der Waals surface area (Å²) in [6.07, 6.45) is 0. The molecule has 0 rings (SSSR count). The summed E-state index contributed by atoms with van der Waals surface area (Å²) >= 11 is 0. The van der Waals surface area contributed by atoms with Gasteiger partial charge < -0.3 is 39.8 Å². The van der Waals surface area contributed by atoms with Crippen molar-refractivity contribution in [2.45, 2.75) is 0 Å². The Kier molecular flexibility index (Phi) is 50.5. The van der Waals surface area contributed by atoms with E-state index in [4.69, 9.17) is 10.2 Å². The van der Waals surface area contributed by atoms with Crippen LogP contribution in [-0.4, -0.2) is 36.6 Å². The fourth-order valence-corrected chi connectivity index (χ4v) is 0.231. The van der Waals surface area contributed by atoms with Crippen LogP contribution >= 0.6 is 0 Å². The van der Waals surface area contributed by atoms with E-state index in [-0.39, 0.29) is 55.1 Å². The number of rotatable bonds is 4. The van der Waals surface area contributed by atoms with Crippen molar-refractivity contribution in [2.24, 2.45) is 0 Å². The molecule has 3 nitrogen and oxygen atoms in total. The molecule has 0 unspecified atom stereocenters. The van der Waals surface area contributed by atoms with Crippen LogP contribution in [0.1, 0.15) is 0 Å². The van der Waals surface area contributed by atoms with Crippen LogP contribution in [0.3, 0.4) is 0 Å². The van der Waals surface area contributed by atoms with Crippen LogP contribution in [0.15, 0.2) is 0 Å². The molecular weight excluding hydrogens is 223 g/mol. The molecule has 66 valence electrons. The Labute approximate surface area is 83.4 Å². The molecule has 0 aliphatic heterocycles. The fraction of sp³-hybridized carbons (Fsp3) is 1.00. The standard InChI is InChI=1S/C4H10O3.2ClH.Fe/c5-1-3-7-4-2-6;;;/h5-6H,1-4H2;2*1H;/q;;;+2/p-2. The molecular formula is C4H10Cl2FeO3. The van der Waals surface area contributed by atoms with E-state index >= 15 is 0 Å². The minimum atomic E-state index is 0. The second-order valence-electron chi connectivity index (χ2n) is 1.06. The van der Waals surface area contributed by atoms with Gasteiger partial charge >= 0.3 is 17.1 Å². The van der Waals surface area contributed by atoms with Gasteiger partial charge in [-0.15, -0.1) is 0 Å². The molecule has 0 heterocycles. The van der Waals surface area contributed by atoms with Gasteiger partial charge in [0.25, 0.3) is 0 Å². The van der Waals surface area contributed by atoms with Crippen molar-refractivity contribution >= 4 is 0 Å². The predicted molar refractivity (Wildman–Crippen MR) is 25.0 cm³/mol. The molecule has 0 atom stereocenters. The molecule has 0 aliphatic rings. The van der Waals surface area contributed by atoms with E-state index in [1.165, 1.54) is 0 Å². The normalized spacial score (nSPS) is 6.60. The molecule has 0 saturated heterocycles. The molecule has 0 saturated carbocycles. The fourth-order valence-electron chi connectivity index (χ4n) is 0.231. The molecule has 0 aromatic rings. The van der Waals surface area contributed by atoms with E-state index < -0.39 is 0 Å². The van der Waals surface area contributed by atoms with Crippen LogP contribution < -0.4 is 24.8 Å². The monoisotopic (exact) mass is 232 g/mol. The predicted octanol–water partition coefficient (Wildman–Crippen LogP) is -7.01. The van der Waals surface area contributed by atoms with Crippen molar-refractivity contribution < 1.29 is 56.8 Å². The van der Waals surface area contributed by atoms with Crippen molar-refractivity contribution in [3.05, 3.63) is 0 Å². The van der Waals surface area contributed by atoms with Gasteiger partial charge in [-0.1, -0.05) is 0 Å². The third-order valence-electron chi connectivity index (χ3n) is 0.471. The summed E-state index contributed by atoms with van der Waals surface area (Å²) in [6.45, 7) is 0.696. The minimum absolute atomic E-state index is 0. The molecule has 0 amide bonds. The van der Waals surface area contributed by atoms with Gasteiger partial charge in [-0.2, -0.15) is 0 Å². The second-order valence-corrected chi connectivity index (χ2v) is 1.06. The minimum Gasteiger partial charge on any atom is -1.00 e. The topological polar surface area (TPSA) is 49.7 Å². The van der Waals surface area contributed by atoms with Crippen LogP contribution in [0.4, 0.5) is 0 Å². The Morgan fingerprint density at radius 2 is 1.20 bits per heavy atom. The summed E-state index contributed by atoms with van der Waals surface area (Å²) in [5.74, 6) is 0. The van der Waals surface area contributed by atoms with Crippen LogP contribution in [0.5, 0.6) is 0 Å². The number of aliphatic hydroxyl groups is 2. The summed E-state index contributed by atoms with van der Waals surface area (Å²) in [5, 5.41) is 16.2. The average molecular weight is 233 g/mol. The third-order valence-corrected chi connectivity index (χ3v) is 0.471. The third kappa shape index (κ3) is 23.1. The number of ether oxygens (including phenoxy) is 1. The van der Waals surface area contributed by atoms with Crippen LogP contribution in [0.2, 0.25) is 0 Å². The first-order valence-corrected chi connectivity index (χ1v) is 2.21. The summed E-state index contributed by atoms with van der Waals surface area (Å²) in [6, 6.07) is 0. The zero-order valence-electron chi connectivity index (χ0n) is 5.24. The molecule has 0 spiro atoms. The van der Waals surface area contributed by atoms with Crippen molar-refractivity contribution in [2.75, 3.05) is 26.4 Å². The van der Waals surface area contributed by atoms with Gasteiger partial charge in [-0.25, -0.2) is 0 Å². The first-order valence-electron chi connectivity index (χ1n) is 2.21. The number of halogens is 2. The van der Waals surface area contributed by atoms with Crippen molar-refractivity contribution in [1.29, 1.82) is 0 Å². The van der Waals surface area contributed by atoms with E-state index in [0.29, 0.717) is 13.2 Å². The van der Waals surface area contributed by atoms with Gasteiger partial charge in [0.05, 0.1) is 26.4 Å². The molecule has 0 fully saturated rings. The quantitative estimate of drug-likeness (QED) is 0.374. The second kappa shape index (κ2) is 22.5. The Hall–Kier alpha value is 0.979. The number of hydrogen-bond donors (Lipinski definition) is 2. The van der Waals surface area contributed by atoms with Crippen molar-refractivity contribution in [3.63, 3.8) is 0 Å². The molecule has 0 aromatic carbocycles. The largest absolute Gasteiger partial charge is 2.00 e. The van der Waals surface area contributed by atoms with Gasteiger partial charge in [0.15, 0.2) is 0 Å². The maximum atomic E-state index is 8.09. The molecule has 0 bridgehead atoms. The Morgan fingerprint density at radius 1 is 0.900 bits per heavy atom. The van der Waals surface area contributed by atoms with E-state index in [1.54, 1.807) is 0 Å². The first kappa shape index (κ1) is 22.4. The molecule has 6 heteroatoms. The van der Waals surface area contributed by atoms with E-state index in [1.807, 2.05) is 0 Å². The van der Waals surface area contributed by atoms with E-state index in [9.17, 15) is 0 Å². The molecule has 2 N–H and O–H groups in total. The first-order chi connectivity index (χ1) is 3.41. The Balaban J connectivity index is -0.0000000600. The van der Waals surface area contributed by atoms with E-state index in [2.05, 4.69) is 4.74 Å². The number of aliphatic hydroxyl groups excluding tert-OH is 2. The summed E-state index contributed by atoms with van der Waals surface area (Å²) in [5.41, 5.74) is 0. The zero-order valence-corrected chi connectivity index (χ0v) is 7.86.